The lowest BCUT2D eigenvalue weighted by Gasteiger charge is -2.36. The summed E-state index contributed by atoms with van der Waals surface area (Å²) in [5.74, 6) is 0.466. The molecular formula is C59H45N. The Balaban J connectivity index is 1.13. The maximum atomic E-state index is 2.52. The Morgan fingerprint density at radius 3 is 1.67 bits per heavy atom. The first-order valence-electron chi connectivity index (χ1n) is 21.5. The van der Waals surface area contributed by atoms with Crippen LogP contribution in [0, 0.1) is 5.92 Å². The lowest BCUT2D eigenvalue weighted by Crippen LogP contribution is -2.30. The molecule has 12 rings (SSSR count). The highest BCUT2D eigenvalue weighted by Crippen LogP contribution is 2.59. The average Bonchev–Trinajstić information content (AvgIpc) is 3.72. The lowest BCUT2D eigenvalue weighted by atomic mass is 9.65. The minimum atomic E-state index is -0.423. The molecule has 1 nitrogen and oxygen atoms in total. The molecule has 9 aromatic carbocycles. The SMILES string of the molecule is CC1C=C(C2(c3ccccc3)c3ccccc3-c3cc(N(c4ccc5c(c4)C(C)(C)c4ccccc4-5)c4ccc5c6ccccc6c6ccccc6c5c4)ccc32)C=CC1. The molecule has 0 heterocycles. The van der Waals surface area contributed by atoms with E-state index in [0.717, 1.165) is 23.5 Å². The van der Waals surface area contributed by atoms with Crippen LogP contribution in [0.15, 0.2) is 206 Å². The van der Waals surface area contributed by atoms with E-state index in [1.807, 2.05) is 0 Å². The molecule has 60 heavy (non-hydrogen) atoms. The summed E-state index contributed by atoms with van der Waals surface area (Å²) in [6.45, 7) is 7.10. The van der Waals surface area contributed by atoms with Gasteiger partial charge in [-0.15, -0.1) is 0 Å². The van der Waals surface area contributed by atoms with E-state index in [1.165, 1.54) is 88.0 Å². The van der Waals surface area contributed by atoms with Gasteiger partial charge in [-0.25, -0.2) is 0 Å². The number of hydrogen-bond acceptors (Lipinski definition) is 1. The Bertz CT molecular complexity index is 3250. The zero-order valence-electron chi connectivity index (χ0n) is 34.3. The summed E-state index contributed by atoms with van der Waals surface area (Å²) < 4.78 is 0. The number of benzene rings is 9. The highest BCUT2D eigenvalue weighted by molar-refractivity contribution is 6.25. The van der Waals surface area contributed by atoms with E-state index in [9.17, 15) is 0 Å². The van der Waals surface area contributed by atoms with Crippen molar-refractivity contribution in [2.75, 3.05) is 4.90 Å². The van der Waals surface area contributed by atoms with Crippen molar-refractivity contribution in [3.63, 3.8) is 0 Å². The number of anilines is 3. The normalized spacial score (nSPS) is 18.2. The van der Waals surface area contributed by atoms with Crippen molar-refractivity contribution >= 4 is 49.4 Å². The molecule has 9 aromatic rings. The van der Waals surface area contributed by atoms with Crippen LogP contribution in [0.3, 0.4) is 0 Å². The molecule has 0 bridgehead atoms. The Morgan fingerprint density at radius 1 is 0.433 bits per heavy atom. The van der Waals surface area contributed by atoms with Gasteiger partial charge in [-0.2, -0.15) is 0 Å². The van der Waals surface area contributed by atoms with E-state index < -0.39 is 5.41 Å². The van der Waals surface area contributed by atoms with Gasteiger partial charge in [-0.3, -0.25) is 0 Å². The third-order valence-electron chi connectivity index (χ3n) is 14.0. The predicted octanol–water partition coefficient (Wildman–Crippen LogP) is 15.8. The first kappa shape index (κ1) is 35.0. The molecule has 0 saturated carbocycles. The van der Waals surface area contributed by atoms with Gasteiger partial charge in [0.25, 0.3) is 0 Å². The lowest BCUT2D eigenvalue weighted by molar-refractivity contribution is 0.660. The molecule has 0 aromatic heterocycles. The zero-order valence-corrected chi connectivity index (χ0v) is 34.3. The van der Waals surface area contributed by atoms with Gasteiger partial charge in [-0.1, -0.05) is 185 Å². The Labute approximate surface area is 352 Å². The van der Waals surface area contributed by atoms with Crippen LogP contribution in [0.25, 0.3) is 54.6 Å². The van der Waals surface area contributed by atoms with Gasteiger partial charge in [0.1, 0.15) is 0 Å². The standard InChI is InChI=1S/C59H45N/c1-38-16-15-19-40(34-38)59(39-17-5-4-6-18-39)55-27-14-12-25-50(55)53-36-42(30-33-56(53)59)60(43-29-32-51-49-24-11-13-26-54(49)58(2,3)57(51)37-43)41-28-31-48-46-22-8-7-20-44(46)45-21-9-10-23-47(45)52(48)35-41/h4-15,17-38H,16H2,1-3H3. The fraction of sp³-hybridized carbons (Fsp3) is 0.119. The van der Waals surface area contributed by atoms with Crippen molar-refractivity contribution in [1.82, 2.24) is 0 Å². The molecule has 3 aliphatic rings. The number of allylic oxidation sites excluding steroid dienone is 4. The molecule has 0 saturated heterocycles. The second-order valence-corrected chi connectivity index (χ2v) is 17.7. The van der Waals surface area contributed by atoms with E-state index in [2.05, 4.69) is 226 Å². The van der Waals surface area contributed by atoms with Gasteiger partial charge in [0.2, 0.25) is 0 Å². The van der Waals surface area contributed by atoms with Gasteiger partial charge < -0.3 is 4.90 Å². The summed E-state index contributed by atoms with van der Waals surface area (Å²) in [6, 6.07) is 68.6. The van der Waals surface area contributed by atoms with E-state index in [4.69, 9.17) is 0 Å². The Morgan fingerprint density at radius 2 is 0.950 bits per heavy atom. The molecule has 0 fully saturated rings. The summed E-state index contributed by atoms with van der Waals surface area (Å²) in [6.07, 6.45) is 8.36. The molecule has 2 unspecified atom stereocenters. The van der Waals surface area contributed by atoms with E-state index in [1.54, 1.807) is 0 Å². The van der Waals surface area contributed by atoms with Crippen LogP contribution in [0.5, 0.6) is 0 Å². The maximum Gasteiger partial charge on any atom is 0.0710 e. The third-order valence-corrected chi connectivity index (χ3v) is 14.0. The number of nitrogens with zero attached hydrogens (tertiary/aromatic N) is 1. The van der Waals surface area contributed by atoms with Crippen LogP contribution >= 0.6 is 0 Å². The molecule has 3 aliphatic carbocycles. The maximum absolute atomic E-state index is 2.52. The summed E-state index contributed by atoms with van der Waals surface area (Å²) in [7, 11) is 0. The van der Waals surface area contributed by atoms with Crippen molar-refractivity contribution in [2.24, 2.45) is 5.92 Å². The fourth-order valence-electron chi connectivity index (χ4n) is 11.3. The number of hydrogen-bond donors (Lipinski definition) is 0. The van der Waals surface area contributed by atoms with Gasteiger partial charge in [0.05, 0.1) is 5.41 Å². The van der Waals surface area contributed by atoms with Crippen LogP contribution in [0.2, 0.25) is 0 Å². The van der Waals surface area contributed by atoms with Crippen LogP contribution in [-0.2, 0) is 10.8 Å². The second kappa shape index (κ2) is 13.0. The summed E-state index contributed by atoms with van der Waals surface area (Å²) in [5.41, 5.74) is 16.3. The van der Waals surface area contributed by atoms with E-state index in [0.29, 0.717) is 5.92 Å². The zero-order chi connectivity index (χ0) is 40.2. The Hall–Kier alpha value is -6.96. The molecule has 0 radical (unpaired) electrons. The number of rotatable bonds is 5. The highest BCUT2D eigenvalue weighted by Gasteiger charge is 2.47. The van der Waals surface area contributed by atoms with Crippen molar-refractivity contribution < 1.29 is 0 Å². The van der Waals surface area contributed by atoms with Crippen molar-refractivity contribution in [3.8, 4) is 22.3 Å². The van der Waals surface area contributed by atoms with Gasteiger partial charge in [0.15, 0.2) is 0 Å². The third kappa shape index (κ3) is 4.87. The predicted molar refractivity (Wildman–Crippen MR) is 254 cm³/mol. The van der Waals surface area contributed by atoms with Crippen molar-refractivity contribution in [1.29, 1.82) is 0 Å². The topological polar surface area (TPSA) is 3.24 Å². The van der Waals surface area contributed by atoms with E-state index >= 15 is 0 Å². The highest BCUT2D eigenvalue weighted by atomic mass is 15.1. The summed E-state index contributed by atoms with van der Waals surface area (Å²) >= 11 is 0. The van der Waals surface area contributed by atoms with Gasteiger partial charge >= 0.3 is 0 Å². The quantitative estimate of drug-likeness (QED) is 0.158. The van der Waals surface area contributed by atoms with E-state index in [-0.39, 0.29) is 5.41 Å². The largest absolute Gasteiger partial charge is 0.310 e. The van der Waals surface area contributed by atoms with Crippen LogP contribution in [-0.4, -0.2) is 0 Å². The molecular weight excluding hydrogens is 723 g/mol. The van der Waals surface area contributed by atoms with Crippen LogP contribution in [0.1, 0.15) is 55.0 Å². The van der Waals surface area contributed by atoms with Crippen LogP contribution in [0.4, 0.5) is 17.1 Å². The molecule has 1 heteroatoms. The minimum Gasteiger partial charge on any atom is -0.310 e. The molecule has 0 spiro atoms. The fourth-order valence-corrected chi connectivity index (χ4v) is 11.3. The van der Waals surface area contributed by atoms with Crippen molar-refractivity contribution in [3.05, 3.63) is 234 Å². The molecule has 2 atom stereocenters. The van der Waals surface area contributed by atoms with Crippen LogP contribution < -0.4 is 4.90 Å². The second-order valence-electron chi connectivity index (χ2n) is 17.7. The summed E-state index contributed by atoms with van der Waals surface area (Å²) in [4.78, 5) is 2.51. The molecule has 0 aliphatic heterocycles. The average molecular weight is 768 g/mol. The van der Waals surface area contributed by atoms with Crippen molar-refractivity contribution in [2.45, 2.75) is 38.0 Å². The number of fused-ring (bicyclic) bond motifs is 12. The first-order chi connectivity index (χ1) is 29.4. The first-order valence-corrected chi connectivity index (χ1v) is 21.5. The minimum absolute atomic E-state index is 0.128. The Kier molecular flexibility index (Phi) is 7.60. The summed E-state index contributed by atoms with van der Waals surface area (Å²) in [5, 5.41) is 7.68. The smallest absolute Gasteiger partial charge is 0.0710 e. The monoisotopic (exact) mass is 767 g/mol. The van der Waals surface area contributed by atoms with Gasteiger partial charge in [0, 0.05) is 22.5 Å². The van der Waals surface area contributed by atoms with Gasteiger partial charge in [-0.05, 0) is 137 Å². The molecule has 0 amide bonds. The molecule has 0 N–H and O–H groups in total. The molecule has 286 valence electrons.